The Morgan fingerprint density at radius 3 is 1.64 bits per heavy atom. The molecule has 0 heterocycles. The van der Waals surface area contributed by atoms with Gasteiger partial charge < -0.3 is 5.11 Å². The van der Waals surface area contributed by atoms with Crippen molar-refractivity contribution < 1.29 is 5.11 Å². The van der Waals surface area contributed by atoms with Crippen LogP contribution in [0.2, 0.25) is 36.3 Å². The van der Waals surface area contributed by atoms with Gasteiger partial charge in [0.25, 0.3) is 0 Å². The van der Waals surface area contributed by atoms with E-state index in [0.717, 1.165) is 0 Å². The number of hydrogen-bond acceptors (Lipinski definition) is 1. The molecule has 0 aliphatic heterocycles. The summed E-state index contributed by atoms with van der Waals surface area (Å²) in [4.78, 5) is 0. The Labute approximate surface area is 158 Å². The fraction of sp³-hybridized carbons (Fsp3) is 0.636. The Hall–Kier alpha value is -0.826. The molecule has 1 aromatic rings. The van der Waals surface area contributed by atoms with Gasteiger partial charge in [-0.3, -0.25) is 0 Å². The van der Waals surface area contributed by atoms with Crippen molar-refractivity contribution in [2.45, 2.75) is 82.8 Å². The van der Waals surface area contributed by atoms with Gasteiger partial charge in [0, 0.05) is 0 Å². The largest absolute Gasteiger partial charge is 0.395 e. The Balaban J connectivity index is 3.94. The van der Waals surface area contributed by atoms with Crippen LogP contribution in [0.1, 0.15) is 47.1 Å². The second kappa shape index (κ2) is 8.25. The molecule has 0 aromatic heterocycles. The molecule has 1 nitrogen and oxygen atoms in total. The lowest BCUT2D eigenvalue weighted by molar-refractivity contribution is 0.261. The number of hydrogen-bond donors (Lipinski definition) is 1. The van der Waals surface area contributed by atoms with E-state index in [1.54, 1.807) is 0 Å². The normalized spacial score (nSPS) is 15.2. The van der Waals surface area contributed by atoms with E-state index < -0.39 is 21.2 Å². The summed E-state index contributed by atoms with van der Waals surface area (Å²) in [6.07, 6.45) is 0. The fourth-order valence-corrected chi connectivity index (χ4v) is 14.1. The van der Waals surface area contributed by atoms with Gasteiger partial charge in [-0.25, -0.2) is 0 Å². The highest BCUT2D eigenvalue weighted by molar-refractivity contribution is 6.87. The third kappa shape index (κ3) is 4.13. The second-order valence-electron chi connectivity index (χ2n) is 9.33. The maximum atomic E-state index is 10.9. The lowest BCUT2D eigenvalue weighted by Gasteiger charge is -2.54. The summed E-state index contributed by atoms with van der Waals surface area (Å²) in [5, 5.41) is 10.4. The Bertz CT molecular complexity index is 581. The molecular weight excluding hydrogens is 336 g/mol. The topological polar surface area (TPSA) is 20.2 Å². The molecule has 0 fully saturated rings. The molecule has 0 saturated carbocycles. The third-order valence-corrected chi connectivity index (χ3v) is 14.4. The van der Waals surface area contributed by atoms with E-state index in [4.69, 9.17) is 0 Å². The smallest absolute Gasteiger partial charge is 0.129 e. The van der Waals surface area contributed by atoms with Crippen LogP contribution in [0.3, 0.4) is 0 Å². The molecule has 0 aliphatic carbocycles. The summed E-state index contributed by atoms with van der Waals surface area (Å²) in [7, 11) is -3.60. The van der Waals surface area contributed by atoms with E-state index in [1.807, 2.05) is 0 Å². The first-order chi connectivity index (χ1) is 11.5. The van der Waals surface area contributed by atoms with Crippen LogP contribution in [0.25, 0.3) is 0 Å². The van der Waals surface area contributed by atoms with E-state index in [9.17, 15) is 5.11 Å². The Morgan fingerprint density at radius 2 is 1.32 bits per heavy atom. The minimum Gasteiger partial charge on any atom is -0.395 e. The molecule has 140 valence electrons. The molecule has 0 amide bonds. The number of rotatable bonds is 6. The maximum Gasteiger partial charge on any atom is 0.129 e. The van der Waals surface area contributed by atoms with Crippen molar-refractivity contribution in [2.75, 3.05) is 6.61 Å². The highest BCUT2D eigenvalue weighted by Gasteiger charge is 2.58. The minimum atomic E-state index is -2.05. The molecule has 1 aromatic carbocycles. The van der Waals surface area contributed by atoms with Crippen LogP contribution in [0.15, 0.2) is 30.3 Å². The van der Waals surface area contributed by atoms with Gasteiger partial charge in [0.1, 0.15) is 8.07 Å². The quantitative estimate of drug-likeness (QED) is 0.477. The highest BCUT2D eigenvalue weighted by Crippen LogP contribution is 2.53. The SMILES string of the molecule is CC(C)[Si](C(C)C)(C(C)C)[C@@](C#C[Si](C)(C)C)(CO)c1ccccc1. The van der Waals surface area contributed by atoms with E-state index in [1.165, 1.54) is 5.56 Å². The minimum absolute atomic E-state index is 0.120. The first-order valence-corrected chi connectivity index (χ1v) is 15.4. The first-order valence-electron chi connectivity index (χ1n) is 9.66. The van der Waals surface area contributed by atoms with Gasteiger partial charge in [-0.05, 0) is 22.2 Å². The van der Waals surface area contributed by atoms with Gasteiger partial charge in [0.15, 0.2) is 0 Å². The summed E-state index contributed by atoms with van der Waals surface area (Å²) in [6, 6.07) is 10.6. The van der Waals surface area contributed by atoms with Gasteiger partial charge >= 0.3 is 0 Å². The fourth-order valence-electron chi connectivity index (χ4n) is 5.19. The van der Waals surface area contributed by atoms with E-state index in [-0.39, 0.29) is 6.61 Å². The van der Waals surface area contributed by atoms with Gasteiger partial charge in [-0.15, -0.1) is 5.54 Å². The lowest BCUT2D eigenvalue weighted by atomic mass is 9.99. The van der Waals surface area contributed by atoms with Crippen LogP contribution in [-0.4, -0.2) is 27.9 Å². The number of aliphatic hydroxyl groups is 1. The van der Waals surface area contributed by atoms with E-state index in [2.05, 4.69) is 103 Å². The van der Waals surface area contributed by atoms with Crippen LogP contribution in [0.5, 0.6) is 0 Å². The average molecular weight is 375 g/mol. The monoisotopic (exact) mass is 374 g/mol. The maximum absolute atomic E-state index is 10.9. The summed E-state index contributed by atoms with van der Waals surface area (Å²) in [5.74, 6) is 3.75. The molecule has 0 aliphatic rings. The molecule has 3 heteroatoms. The molecule has 0 radical (unpaired) electrons. The molecule has 1 rings (SSSR count). The zero-order valence-electron chi connectivity index (χ0n) is 17.8. The van der Waals surface area contributed by atoms with E-state index >= 15 is 0 Å². The molecule has 0 spiro atoms. The molecular formula is C22H38OSi2. The van der Waals surface area contributed by atoms with Crippen molar-refractivity contribution in [1.29, 1.82) is 0 Å². The first kappa shape index (κ1) is 22.2. The van der Waals surface area contributed by atoms with Gasteiger partial charge in [0.05, 0.1) is 19.7 Å². The van der Waals surface area contributed by atoms with Gasteiger partial charge in [-0.2, -0.15) is 0 Å². The molecule has 0 unspecified atom stereocenters. The number of aliphatic hydroxyl groups excluding tert-OH is 1. The molecule has 0 saturated heterocycles. The second-order valence-corrected chi connectivity index (χ2v) is 20.3. The van der Waals surface area contributed by atoms with Gasteiger partial charge in [0.2, 0.25) is 0 Å². The molecule has 0 bridgehead atoms. The predicted molar refractivity (Wildman–Crippen MR) is 117 cm³/mol. The summed E-state index contributed by atoms with van der Waals surface area (Å²) < 4.78 is 0. The van der Waals surface area contributed by atoms with Crippen molar-refractivity contribution in [1.82, 2.24) is 0 Å². The number of benzene rings is 1. The van der Waals surface area contributed by atoms with Crippen LogP contribution < -0.4 is 0 Å². The van der Waals surface area contributed by atoms with Crippen LogP contribution in [0, 0.1) is 11.5 Å². The van der Waals surface area contributed by atoms with Crippen LogP contribution in [-0.2, 0) is 5.04 Å². The molecule has 1 atom stereocenters. The van der Waals surface area contributed by atoms with Crippen LogP contribution in [0.4, 0.5) is 0 Å². The van der Waals surface area contributed by atoms with Crippen molar-refractivity contribution >= 4 is 16.1 Å². The van der Waals surface area contributed by atoms with Crippen molar-refractivity contribution in [3.05, 3.63) is 35.9 Å². The average Bonchev–Trinajstić information content (AvgIpc) is 2.50. The van der Waals surface area contributed by atoms with Crippen molar-refractivity contribution in [3.63, 3.8) is 0 Å². The Morgan fingerprint density at radius 1 is 0.880 bits per heavy atom. The highest BCUT2D eigenvalue weighted by atomic mass is 28.3. The van der Waals surface area contributed by atoms with Gasteiger partial charge in [-0.1, -0.05) is 97.4 Å². The Kier molecular flexibility index (Phi) is 7.33. The summed E-state index contributed by atoms with van der Waals surface area (Å²) in [5.41, 5.74) is 6.47. The molecule has 1 N–H and O–H groups in total. The van der Waals surface area contributed by atoms with Crippen LogP contribution >= 0.6 is 0 Å². The lowest BCUT2D eigenvalue weighted by Crippen LogP contribution is -2.63. The van der Waals surface area contributed by atoms with Crippen molar-refractivity contribution in [3.8, 4) is 11.5 Å². The third-order valence-electron chi connectivity index (χ3n) is 5.76. The summed E-state index contributed by atoms with van der Waals surface area (Å²) >= 11 is 0. The molecule has 25 heavy (non-hydrogen) atoms. The summed E-state index contributed by atoms with van der Waals surface area (Å²) in [6.45, 7) is 21.1. The standard InChI is InChI=1S/C22H38OSi2/c1-18(2)25(19(3)4,20(5)6)22(17-23,15-16-24(7,8)9)21-13-11-10-12-14-21/h10-14,18-20,23H,17H2,1-9H3/t22-/m0/s1. The van der Waals surface area contributed by atoms with Crippen molar-refractivity contribution in [2.24, 2.45) is 0 Å². The zero-order valence-corrected chi connectivity index (χ0v) is 19.8. The predicted octanol–water partition coefficient (Wildman–Crippen LogP) is 6.02. The van der Waals surface area contributed by atoms with E-state index in [0.29, 0.717) is 16.6 Å². The zero-order chi connectivity index (χ0) is 19.5.